The van der Waals surface area contributed by atoms with Crippen molar-refractivity contribution in [1.82, 2.24) is 19.4 Å². The summed E-state index contributed by atoms with van der Waals surface area (Å²) in [5, 5.41) is 2.76. The number of ether oxygens (including phenoxy) is 1. The summed E-state index contributed by atoms with van der Waals surface area (Å²) in [5.41, 5.74) is 0. The van der Waals surface area contributed by atoms with E-state index in [1.165, 1.54) is 4.31 Å². The topological polar surface area (TPSA) is 99.3 Å². The minimum Gasteiger partial charge on any atom is -0.379 e. The van der Waals surface area contributed by atoms with Crippen molar-refractivity contribution < 1.29 is 22.7 Å². The molecule has 3 rings (SSSR count). The van der Waals surface area contributed by atoms with Crippen LogP contribution in [0.15, 0.2) is 0 Å². The molecule has 0 aromatic carbocycles. The quantitative estimate of drug-likeness (QED) is 0.680. The number of carbonyl (C=O) groups is 2. The predicted octanol–water partition coefficient (Wildman–Crippen LogP) is -0.308. The fourth-order valence-corrected chi connectivity index (χ4v) is 5.17. The molecular formula is C17H30N4O5S. The molecule has 10 heteroatoms. The van der Waals surface area contributed by atoms with Crippen LogP contribution in [-0.2, 0) is 19.6 Å². The lowest BCUT2D eigenvalue weighted by atomic mass is 9.96. The monoisotopic (exact) mass is 402 g/mol. The van der Waals surface area contributed by atoms with Gasteiger partial charge >= 0.3 is 6.03 Å². The molecule has 3 aliphatic rings. The van der Waals surface area contributed by atoms with Gasteiger partial charge in [0.25, 0.3) is 0 Å². The first-order valence-electron chi connectivity index (χ1n) is 9.84. The molecule has 9 nitrogen and oxygen atoms in total. The number of morpholine rings is 1. The molecule has 0 aliphatic carbocycles. The Kier molecular flexibility index (Phi) is 6.93. The minimum atomic E-state index is -3.36. The van der Waals surface area contributed by atoms with Crippen LogP contribution in [0.1, 0.15) is 25.7 Å². The normalized spacial score (nSPS) is 22.8. The van der Waals surface area contributed by atoms with Gasteiger partial charge in [0.05, 0.1) is 19.0 Å². The van der Waals surface area contributed by atoms with Gasteiger partial charge in [-0.05, 0) is 25.7 Å². The number of hydrogen-bond acceptors (Lipinski definition) is 5. The van der Waals surface area contributed by atoms with Gasteiger partial charge in [0, 0.05) is 51.7 Å². The number of rotatable bonds is 5. The molecule has 3 fully saturated rings. The number of nitrogens with zero attached hydrogens (tertiary/aromatic N) is 3. The van der Waals surface area contributed by atoms with Gasteiger partial charge < -0.3 is 19.9 Å². The summed E-state index contributed by atoms with van der Waals surface area (Å²) in [4.78, 5) is 28.4. The van der Waals surface area contributed by atoms with Crippen LogP contribution < -0.4 is 5.32 Å². The highest BCUT2D eigenvalue weighted by molar-refractivity contribution is 7.89. The molecule has 0 radical (unpaired) electrons. The van der Waals surface area contributed by atoms with E-state index in [-0.39, 0.29) is 30.2 Å². The zero-order chi connectivity index (χ0) is 19.3. The molecule has 0 unspecified atom stereocenters. The number of hydrogen-bond donors (Lipinski definition) is 1. The van der Waals surface area contributed by atoms with Gasteiger partial charge in [0.15, 0.2) is 0 Å². The molecule has 0 spiro atoms. The summed E-state index contributed by atoms with van der Waals surface area (Å²) in [6.07, 6.45) is 3.39. The molecule has 0 aromatic rings. The molecule has 1 N–H and O–H groups in total. The molecule has 0 bridgehead atoms. The first kappa shape index (κ1) is 20.3. The summed E-state index contributed by atoms with van der Waals surface area (Å²) in [6.45, 7) is 4.53. The van der Waals surface area contributed by atoms with E-state index in [0.29, 0.717) is 52.2 Å². The summed E-state index contributed by atoms with van der Waals surface area (Å²) in [5.74, 6) is -0.357. The lowest BCUT2D eigenvalue weighted by Crippen LogP contribution is -2.48. The van der Waals surface area contributed by atoms with E-state index >= 15 is 0 Å². The van der Waals surface area contributed by atoms with Gasteiger partial charge in [-0.15, -0.1) is 0 Å². The smallest absolute Gasteiger partial charge is 0.319 e. The first-order valence-corrected chi connectivity index (χ1v) is 11.5. The average Bonchev–Trinajstić information content (AvgIpc) is 3.23. The van der Waals surface area contributed by atoms with Crippen LogP contribution in [0, 0.1) is 5.92 Å². The van der Waals surface area contributed by atoms with E-state index in [1.54, 1.807) is 0 Å². The second-order valence-corrected chi connectivity index (χ2v) is 9.44. The number of nitrogens with one attached hydrogen (secondary N) is 1. The number of urea groups is 1. The molecular weight excluding hydrogens is 372 g/mol. The first-order chi connectivity index (χ1) is 13.0. The third-order valence-corrected chi connectivity index (χ3v) is 7.41. The highest BCUT2D eigenvalue weighted by Gasteiger charge is 2.31. The predicted molar refractivity (Wildman–Crippen MR) is 99.7 cm³/mol. The van der Waals surface area contributed by atoms with Crippen molar-refractivity contribution in [2.24, 2.45) is 5.92 Å². The third kappa shape index (κ3) is 5.32. The fourth-order valence-electron chi connectivity index (χ4n) is 3.84. The van der Waals surface area contributed by atoms with Crippen LogP contribution in [0.5, 0.6) is 0 Å². The summed E-state index contributed by atoms with van der Waals surface area (Å²) in [7, 11) is -3.36. The van der Waals surface area contributed by atoms with Gasteiger partial charge in [-0.1, -0.05) is 0 Å². The molecule has 0 saturated carbocycles. The van der Waals surface area contributed by atoms with Gasteiger partial charge in [-0.3, -0.25) is 4.79 Å². The Morgan fingerprint density at radius 2 is 1.52 bits per heavy atom. The molecule has 3 saturated heterocycles. The van der Waals surface area contributed by atoms with Crippen LogP contribution in [-0.4, -0.2) is 99.2 Å². The van der Waals surface area contributed by atoms with Crippen molar-refractivity contribution in [1.29, 1.82) is 0 Å². The highest BCUT2D eigenvalue weighted by Crippen LogP contribution is 2.20. The van der Waals surface area contributed by atoms with Crippen LogP contribution in [0.2, 0.25) is 0 Å². The van der Waals surface area contributed by atoms with E-state index in [4.69, 9.17) is 4.74 Å². The second-order valence-electron chi connectivity index (χ2n) is 7.36. The molecule has 3 aliphatic heterocycles. The molecule has 3 amide bonds. The van der Waals surface area contributed by atoms with Crippen LogP contribution in [0.25, 0.3) is 0 Å². The number of amides is 3. The summed E-state index contributed by atoms with van der Waals surface area (Å²) in [6, 6.07) is 0.0861. The standard InChI is InChI=1S/C17H30N4O5S/c22-16(18-5-14-27(24,25)21-10-12-26-13-11-21)15-3-8-20(9-4-15)17(23)19-6-1-2-7-19/h15H,1-14H2,(H,18,22). The van der Waals surface area contributed by atoms with E-state index in [9.17, 15) is 18.0 Å². The van der Waals surface area contributed by atoms with Gasteiger partial charge in [0.1, 0.15) is 0 Å². The Balaban J connectivity index is 1.37. The molecule has 0 aromatic heterocycles. The van der Waals surface area contributed by atoms with Crippen LogP contribution in [0.3, 0.4) is 0 Å². The van der Waals surface area contributed by atoms with Gasteiger partial charge in [-0.25, -0.2) is 13.2 Å². The molecule has 0 atom stereocenters. The number of likely N-dealkylation sites (tertiary alicyclic amines) is 2. The molecule has 3 heterocycles. The summed E-state index contributed by atoms with van der Waals surface area (Å²) < 4.78 is 31.1. The van der Waals surface area contributed by atoms with Crippen molar-refractivity contribution in [3.8, 4) is 0 Å². The SMILES string of the molecule is O=C(NCCS(=O)(=O)N1CCOCC1)C1CCN(C(=O)N2CCCC2)CC1. The Morgan fingerprint density at radius 3 is 2.15 bits per heavy atom. The zero-order valence-electron chi connectivity index (χ0n) is 15.8. The highest BCUT2D eigenvalue weighted by atomic mass is 32.2. The average molecular weight is 403 g/mol. The Morgan fingerprint density at radius 1 is 0.926 bits per heavy atom. The fraction of sp³-hybridized carbons (Fsp3) is 0.882. The van der Waals surface area contributed by atoms with Gasteiger partial charge in [0.2, 0.25) is 15.9 Å². The van der Waals surface area contributed by atoms with Crippen molar-refractivity contribution >= 4 is 22.0 Å². The minimum absolute atomic E-state index is 0.0861. The van der Waals surface area contributed by atoms with Crippen LogP contribution >= 0.6 is 0 Å². The van der Waals surface area contributed by atoms with Crippen molar-refractivity contribution in [3.63, 3.8) is 0 Å². The Hall–Kier alpha value is -1.39. The van der Waals surface area contributed by atoms with E-state index in [2.05, 4.69) is 5.32 Å². The number of sulfonamides is 1. The molecule has 154 valence electrons. The maximum absolute atomic E-state index is 12.4. The third-order valence-electron chi connectivity index (χ3n) is 5.54. The summed E-state index contributed by atoms with van der Waals surface area (Å²) >= 11 is 0. The second kappa shape index (κ2) is 9.20. The maximum Gasteiger partial charge on any atom is 0.319 e. The van der Waals surface area contributed by atoms with Crippen LogP contribution in [0.4, 0.5) is 4.79 Å². The van der Waals surface area contributed by atoms with E-state index in [0.717, 1.165) is 25.9 Å². The lowest BCUT2D eigenvalue weighted by Gasteiger charge is -2.34. The Labute approximate surface area is 161 Å². The Bertz CT molecular complexity index is 621. The zero-order valence-corrected chi connectivity index (χ0v) is 16.6. The van der Waals surface area contributed by atoms with E-state index in [1.807, 2.05) is 9.80 Å². The van der Waals surface area contributed by atoms with Crippen molar-refractivity contribution in [2.45, 2.75) is 25.7 Å². The van der Waals surface area contributed by atoms with E-state index < -0.39 is 10.0 Å². The van der Waals surface area contributed by atoms with Gasteiger partial charge in [-0.2, -0.15) is 4.31 Å². The lowest BCUT2D eigenvalue weighted by molar-refractivity contribution is -0.126. The number of carbonyl (C=O) groups excluding carboxylic acids is 2. The number of piperidine rings is 1. The maximum atomic E-state index is 12.4. The van der Waals surface area contributed by atoms with Crippen molar-refractivity contribution in [2.75, 3.05) is 64.8 Å². The largest absolute Gasteiger partial charge is 0.379 e. The molecule has 27 heavy (non-hydrogen) atoms. The van der Waals surface area contributed by atoms with Crippen molar-refractivity contribution in [3.05, 3.63) is 0 Å².